The molecule has 0 bridgehead atoms. The molecule has 1 aliphatic rings. The molecular formula is C13H19N3O. The van der Waals surface area contributed by atoms with E-state index in [9.17, 15) is 4.79 Å². The van der Waals surface area contributed by atoms with Gasteiger partial charge < -0.3 is 11.1 Å². The predicted octanol–water partition coefficient (Wildman–Crippen LogP) is 1.47. The molecule has 4 heteroatoms. The van der Waals surface area contributed by atoms with Crippen molar-refractivity contribution in [3.8, 4) is 0 Å². The molecule has 0 aromatic heterocycles. The molecule has 1 unspecified atom stereocenters. The first-order valence-electron chi connectivity index (χ1n) is 6.09. The number of nitrogen functional groups attached to an aromatic ring is 1. The van der Waals surface area contributed by atoms with Crippen molar-refractivity contribution in [1.82, 2.24) is 4.90 Å². The van der Waals surface area contributed by atoms with Gasteiger partial charge in [-0.25, -0.2) is 0 Å². The molecule has 2 rings (SSSR count). The van der Waals surface area contributed by atoms with Crippen LogP contribution in [0.1, 0.15) is 19.4 Å². The number of nitrogens with zero attached hydrogens (tertiary/aromatic N) is 1. The van der Waals surface area contributed by atoms with Crippen LogP contribution in [0.4, 0.5) is 11.4 Å². The number of carbonyl (C=O) groups is 1. The number of hydrogen-bond donors (Lipinski definition) is 2. The molecule has 1 aromatic carbocycles. The van der Waals surface area contributed by atoms with Crippen molar-refractivity contribution in [2.75, 3.05) is 24.1 Å². The van der Waals surface area contributed by atoms with Crippen molar-refractivity contribution in [2.24, 2.45) is 0 Å². The third-order valence-corrected chi connectivity index (χ3v) is 3.42. The van der Waals surface area contributed by atoms with Gasteiger partial charge in [-0.2, -0.15) is 0 Å². The summed E-state index contributed by atoms with van der Waals surface area (Å²) in [5.74, 6) is 0.0757. The molecule has 1 atom stereocenters. The summed E-state index contributed by atoms with van der Waals surface area (Å²) in [7, 11) is 0. The highest BCUT2D eigenvalue weighted by molar-refractivity contribution is 5.99. The molecular weight excluding hydrogens is 214 g/mol. The van der Waals surface area contributed by atoms with E-state index in [4.69, 9.17) is 5.73 Å². The van der Waals surface area contributed by atoms with Gasteiger partial charge in [0.2, 0.25) is 5.91 Å². The number of fused-ring (bicyclic) bond motifs is 1. The molecule has 0 aliphatic carbocycles. The SMILES string of the molecule is CCN(CC)C1Cc2c(N)cccc2NC1=O. The second kappa shape index (κ2) is 4.75. The van der Waals surface area contributed by atoms with Crippen LogP contribution in [0.2, 0.25) is 0 Å². The zero-order valence-electron chi connectivity index (χ0n) is 10.4. The van der Waals surface area contributed by atoms with Gasteiger partial charge in [0.1, 0.15) is 0 Å². The number of likely N-dealkylation sites (N-methyl/N-ethyl adjacent to an activating group) is 1. The Hall–Kier alpha value is -1.55. The van der Waals surface area contributed by atoms with Gasteiger partial charge in [-0.3, -0.25) is 9.69 Å². The lowest BCUT2D eigenvalue weighted by Crippen LogP contribution is -2.47. The van der Waals surface area contributed by atoms with E-state index in [1.54, 1.807) is 0 Å². The van der Waals surface area contributed by atoms with Crippen molar-refractivity contribution in [3.05, 3.63) is 23.8 Å². The molecule has 1 amide bonds. The van der Waals surface area contributed by atoms with Gasteiger partial charge in [-0.15, -0.1) is 0 Å². The number of nitrogens with one attached hydrogen (secondary N) is 1. The summed E-state index contributed by atoms with van der Waals surface area (Å²) < 4.78 is 0. The highest BCUT2D eigenvalue weighted by Crippen LogP contribution is 2.29. The average Bonchev–Trinajstić information content (AvgIpc) is 2.32. The molecule has 3 N–H and O–H groups in total. The van der Waals surface area contributed by atoms with E-state index in [1.807, 2.05) is 18.2 Å². The van der Waals surface area contributed by atoms with Crippen molar-refractivity contribution >= 4 is 17.3 Å². The fourth-order valence-corrected chi connectivity index (χ4v) is 2.41. The van der Waals surface area contributed by atoms with Crippen molar-refractivity contribution < 1.29 is 4.79 Å². The summed E-state index contributed by atoms with van der Waals surface area (Å²) in [4.78, 5) is 14.2. The summed E-state index contributed by atoms with van der Waals surface area (Å²) in [6.07, 6.45) is 0.704. The number of rotatable bonds is 3. The van der Waals surface area contributed by atoms with Crippen LogP contribution in [-0.2, 0) is 11.2 Å². The van der Waals surface area contributed by atoms with Crippen LogP contribution in [0.25, 0.3) is 0 Å². The molecule has 0 spiro atoms. The van der Waals surface area contributed by atoms with Crippen LogP contribution < -0.4 is 11.1 Å². The molecule has 0 saturated carbocycles. The molecule has 92 valence electrons. The number of amides is 1. The highest BCUT2D eigenvalue weighted by atomic mass is 16.2. The van der Waals surface area contributed by atoms with E-state index in [0.717, 1.165) is 30.0 Å². The molecule has 17 heavy (non-hydrogen) atoms. The van der Waals surface area contributed by atoms with Gasteiger partial charge in [0.05, 0.1) is 6.04 Å². The summed E-state index contributed by atoms with van der Waals surface area (Å²) in [6.45, 7) is 5.88. The maximum absolute atomic E-state index is 12.0. The predicted molar refractivity (Wildman–Crippen MR) is 69.9 cm³/mol. The first-order chi connectivity index (χ1) is 8.17. The average molecular weight is 233 g/mol. The number of carbonyl (C=O) groups excluding carboxylic acids is 1. The molecule has 4 nitrogen and oxygen atoms in total. The summed E-state index contributed by atoms with van der Waals surface area (Å²) in [6, 6.07) is 5.56. The fourth-order valence-electron chi connectivity index (χ4n) is 2.41. The molecule has 0 radical (unpaired) electrons. The Kier molecular flexibility index (Phi) is 3.33. The Morgan fingerprint density at radius 3 is 2.76 bits per heavy atom. The van der Waals surface area contributed by atoms with Crippen LogP contribution in [0.5, 0.6) is 0 Å². The van der Waals surface area contributed by atoms with Gasteiger partial charge in [0, 0.05) is 23.4 Å². The van der Waals surface area contributed by atoms with E-state index >= 15 is 0 Å². The van der Waals surface area contributed by atoms with Gasteiger partial charge in [0.25, 0.3) is 0 Å². The Morgan fingerprint density at radius 1 is 1.41 bits per heavy atom. The second-order valence-corrected chi connectivity index (χ2v) is 4.30. The van der Waals surface area contributed by atoms with Crippen LogP contribution in [0.3, 0.4) is 0 Å². The Morgan fingerprint density at radius 2 is 2.12 bits per heavy atom. The van der Waals surface area contributed by atoms with E-state index in [1.165, 1.54) is 0 Å². The molecule has 0 saturated heterocycles. The van der Waals surface area contributed by atoms with Gasteiger partial charge in [0.15, 0.2) is 0 Å². The Labute approximate surface area is 102 Å². The van der Waals surface area contributed by atoms with Crippen LogP contribution in [-0.4, -0.2) is 29.9 Å². The van der Waals surface area contributed by atoms with E-state index in [0.29, 0.717) is 6.42 Å². The van der Waals surface area contributed by atoms with Crippen molar-refractivity contribution in [1.29, 1.82) is 0 Å². The number of nitrogens with two attached hydrogens (primary N) is 1. The van der Waals surface area contributed by atoms with E-state index in [-0.39, 0.29) is 11.9 Å². The number of anilines is 2. The standard InChI is InChI=1S/C13H19N3O/c1-3-16(4-2)12-8-9-10(14)6-5-7-11(9)15-13(12)17/h5-7,12H,3-4,8,14H2,1-2H3,(H,15,17). The fraction of sp³-hybridized carbons (Fsp3) is 0.462. The highest BCUT2D eigenvalue weighted by Gasteiger charge is 2.30. The Bertz CT molecular complexity index is 427. The third-order valence-electron chi connectivity index (χ3n) is 3.42. The smallest absolute Gasteiger partial charge is 0.242 e. The summed E-state index contributed by atoms with van der Waals surface area (Å²) in [5, 5.41) is 2.94. The Balaban J connectivity index is 2.31. The quantitative estimate of drug-likeness (QED) is 0.777. The van der Waals surface area contributed by atoms with Crippen molar-refractivity contribution in [2.45, 2.75) is 26.3 Å². The van der Waals surface area contributed by atoms with Crippen LogP contribution >= 0.6 is 0 Å². The van der Waals surface area contributed by atoms with E-state index < -0.39 is 0 Å². The maximum atomic E-state index is 12.0. The zero-order valence-corrected chi connectivity index (χ0v) is 10.4. The second-order valence-electron chi connectivity index (χ2n) is 4.30. The van der Waals surface area contributed by atoms with Gasteiger partial charge in [-0.1, -0.05) is 19.9 Å². The normalized spacial score (nSPS) is 19.0. The molecule has 1 aliphatic heterocycles. The monoisotopic (exact) mass is 233 g/mol. The minimum atomic E-state index is -0.0952. The molecule has 1 heterocycles. The zero-order chi connectivity index (χ0) is 12.4. The number of hydrogen-bond acceptors (Lipinski definition) is 3. The summed E-state index contributed by atoms with van der Waals surface area (Å²) >= 11 is 0. The molecule has 0 fully saturated rings. The van der Waals surface area contributed by atoms with Crippen LogP contribution in [0, 0.1) is 0 Å². The maximum Gasteiger partial charge on any atom is 0.242 e. The lowest BCUT2D eigenvalue weighted by molar-refractivity contribution is -0.121. The third kappa shape index (κ3) is 2.13. The first kappa shape index (κ1) is 11.9. The first-order valence-corrected chi connectivity index (χ1v) is 6.09. The van der Waals surface area contributed by atoms with E-state index in [2.05, 4.69) is 24.1 Å². The lowest BCUT2D eigenvalue weighted by atomic mass is 9.96. The lowest BCUT2D eigenvalue weighted by Gasteiger charge is -2.33. The largest absolute Gasteiger partial charge is 0.398 e. The minimum Gasteiger partial charge on any atom is -0.398 e. The number of benzene rings is 1. The van der Waals surface area contributed by atoms with Gasteiger partial charge >= 0.3 is 0 Å². The van der Waals surface area contributed by atoms with Crippen LogP contribution in [0.15, 0.2) is 18.2 Å². The van der Waals surface area contributed by atoms with Gasteiger partial charge in [-0.05, 0) is 25.2 Å². The molecule has 1 aromatic rings. The van der Waals surface area contributed by atoms with Crippen molar-refractivity contribution in [3.63, 3.8) is 0 Å². The minimum absolute atomic E-state index is 0.0757. The summed E-state index contributed by atoms with van der Waals surface area (Å²) in [5.41, 5.74) is 8.64. The topological polar surface area (TPSA) is 58.4 Å².